The van der Waals surface area contributed by atoms with Gasteiger partial charge in [-0.15, -0.1) is 0 Å². The largest absolute Gasteiger partial charge is 0.479 e. The number of carboxylic acids is 1. The SMILES string of the molecule is COC(CNc1nccc2c1ncn2C)C(=O)O. The van der Waals surface area contributed by atoms with Gasteiger partial charge in [-0.3, -0.25) is 0 Å². The average Bonchev–Trinajstić information content (AvgIpc) is 2.73. The topological polar surface area (TPSA) is 89.3 Å². The molecule has 0 bridgehead atoms. The van der Waals surface area contributed by atoms with E-state index in [2.05, 4.69) is 15.3 Å². The van der Waals surface area contributed by atoms with Crippen molar-refractivity contribution in [1.82, 2.24) is 14.5 Å². The summed E-state index contributed by atoms with van der Waals surface area (Å²) < 4.78 is 6.70. The first-order valence-electron chi connectivity index (χ1n) is 5.39. The quantitative estimate of drug-likeness (QED) is 0.802. The van der Waals surface area contributed by atoms with Gasteiger partial charge in [0.15, 0.2) is 11.9 Å². The predicted octanol–water partition coefficient (Wildman–Crippen LogP) is 0.480. The molecule has 0 amide bonds. The molecule has 0 radical (unpaired) electrons. The average molecular weight is 250 g/mol. The highest BCUT2D eigenvalue weighted by Crippen LogP contribution is 2.18. The lowest BCUT2D eigenvalue weighted by atomic mass is 10.3. The van der Waals surface area contributed by atoms with Crippen molar-refractivity contribution in [2.75, 3.05) is 19.0 Å². The Morgan fingerprint density at radius 2 is 2.39 bits per heavy atom. The summed E-state index contributed by atoms with van der Waals surface area (Å²) in [5.74, 6) is -0.463. The van der Waals surface area contributed by atoms with Crippen molar-refractivity contribution in [3.8, 4) is 0 Å². The van der Waals surface area contributed by atoms with Crippen LogP contribution in [0.3, 0.4) is 0 Å². The van der Waals surface area contributed by atoms with Crippen LogP contribution in [-0.2, 0) is 16.6 Å². The van der Waals surface area contributed by atoms with Crippen LogP contribution in [0.15, 0.2) is 18.6 Å². The number of rotatable bonds is 5. The predicted molar refractivity (Wildman–Crippen MR) is 65.4 cm³/mol. The van der Waals surface area contributed by atoms with Gasteiger partial charge in [0.2, 0.25) is 0 Å². The van der Waals surface area contributed by atoms with E-state index in [0.717, 1.165) is 5.52 Å². The number of hydrogen-bond acceptors (Lipinski definition) is 5. The Bertz CT molecular complexity index is 566. The molecule has 0 aliphatic heterocycles. The zero-order chi connectivity index (χ0) is 13.1. The minimum absolute atomic E-state index is 0.133. The second-order valence-electron chi connectivity index (χ2n) is 3.83. The summed E-state index contributed by atoms with van der Waals surface area (Å²) in [7, 11) is 3.24. The molecular formula is C11H14N4O3. The molecule has 1 unspecified atom stereocenters. The van der Waals surface area contributed by atoms with Crippen LogP contribution in [0, 0.1) is 0 Å². The normalized spacial score (nSPS) is 12.6. The van der Waals surface area contributed by atoms with Gasteiger partial charge in [0, 0.05) is 20.4 Å². The molecular weight excluding hydrogens is 236 g/mol. The van der Waals surface area contributed by atoms with E-state index in [-0.39, 0.29) is 6.54 Å². The summed E-state index contributed by atoms with van der Waals surface area (Å²) in [6.07, 6.45) is 2.42. The van der Waals surface area contributed by atoms with Gasteiger partial charge in [-0.25, -0.2) is 14.8 Å². The summed E-state index contributed by atoms with van der Waals surface area (Å²) in [5.41, 5.74) is 1.64. The third kappa shape index (κ3) is 2.25. The highest BCUT2D eigenvalue weighted by Gasteiger charge is 2.17. The van der Waals surface area contributed by atoms with Gasteiger partial charge in [0.05, 0.1) is 18.4 Å². The number of methoxy groups -OCH3 is 1. The van der Waals surface area contributed by atoms with Crippen molar-refractivity contribution < 1.29 is 14.6 Å². The number of nitrogens with zero attached hydrogens (tertiary/aromatic N) is 3. The Labute approximate surface area is 103 Å². The number of carboxylic acid groups (broad SMARTS) is 1. The molecule has 2 aromatic rings. The van der Waals surface area contributed by atoms with Crippen LogP contribution in [0.25, 0.3) is 11.0 Å². The fraction of sp³-hybridized carbons (Fsp3) is 0.364. The van der Waals surface area contributed by atoms with Crippen molar-refractivity contribution in [2.45, 2.75) is 6.10 Å². The van der Waals surface area contributed by atoms with Crippen LogP contribution in [0.5, 0.6) is 0 Å². The minimum atomic E-state index is -1.02. The van der Waals surface area contributed by atoms with Crippen LogP contribution < -0.4 is 5.32 Å². The molecule has 2 heterocycles. The van der Waals surface area contributed by atoms with Crippen molar-refractivity contribution in [2.24, 2.45) is 7.05 Å². The number of carbonyl (C=O) groups is 1. The number of ether oxygens (including phenoxy) is 1. The van der Waals surface area contributed by atoms with Crippen LogP contribution in [0.4, 0.5) is 5.82 Å². The molecule has 0 aromatic carbocycles. The Hall–Kier alpha value is -2.15. The van der Waals surface area contributed by atoms with E-state index >= 15 is 0 Å². The minimum Gasteiger partial charge on any atom is -0.479 e. The smallest absolute Gasteiger partial charge is 0.334 e. The van der Waals surface area contributed by atoms with Gasteiger partial charge in [-0.1, -0.05) is 0 Å². The molecule has 0 spiro atoms. The molecule has 0 fully saturated rings. The molecule has 96 valence electrons. The molecule has 1 atom stereocenters. The Morgan fingerprint density at radius 1 is 1.61 bits per heavy atom. The van der Waals surface area contributed by atoms with E-state index in [0.29, 0.717) is 11.3 Å². The zero-order valence-corrected chi connectivity index (χ0v) is 10.1. The molecule has 2 N–H and O–H groups in total. The molecule has 7 nitrogen and oxygen atoms in total. The maximum Gasteiger partial charge on any atom is 0.334 e. The zero-order valence-electron chi connectivity index (χ0n) is 10.1. The lowest BCUT2D eigenvalue weighted by molar-refractivity contribution is -0.147. The van der Waals surface area contributed by atoms with Crippen molar-refractivity contribution in [3.63, 3.8) is 0 Å². The van der Waals surface area contributed by atoms with Gasteiger partial charge < -0.3 is 19.7 Å². The number of nitrogens with one attached hydrogen (secondary N) is 1. The summed E-state index contributed by atoms with van der Waals surface area (Å²) in [4.78, 5) is 19.2. The Morgan fingerprint density at radius 3 is 3.06 bits per heavy atom. The van der Waals surface area contributed by atoms with Gasteiger partial charge in [0.1, 0.15) is 5.52 Å². The first kappa shape index (κ1) is 12.3. The number of anilines is 1. The summed E-state index contributed by atoms with van der Waals surface area (Å²) >= 11 is 0. The molecule has 2 aromatic heterocycles. The number of aromatic nitrogens is 3. The van der Waals surface area contributed by atoms with Crippen molar-refractivity contribution >= 4 is 22.8 Å². The lowest BCUT2D eigenvalue weighted by Crippen LogP contribution is -2.30. The van der Waals surface area contributed by atoms with Crippen LogP contribution in [-0.4, -0.2) is 45.4 Å². The fourth-order valence-corrected chi connectivity index (χ4v) is 1.65. The molecule has 0 saturated heterocycles. The molecule has 0 aliphatic rings. The standard InChI is InChI=1S/C11H14N4O3/c1-15-6-14-9-7(15)3-4-12-10(9)13-5-8(18-2)11(16)17/h3-4,6,8H,5H2,1-2H3,(H,12,13)(H,16,17). The van der Waals surface area contributed by atoms with E-state index in [4.69, 9.17) is 9.84 Å². The number of imidazole rings is 1. The second-order valence-corrected chi connectivity index (χ2v) is 3.83. The monoisotopic (exact) mass is 250 g/mol. The van der Waals surface area contributed by atoms with Gasteiger partial charge in [0.25, 0.3) is 0 Å². The van der Waals surface area contributed by atoms with Crippen LogP contribution in [0.2, 0.25) is 0 Å². The highest BCUT2D eigenvalue weighted by molar-refractivity contribution is 5.86. The highest BCUT2D eigenvalue weighted by atomic mass is 16.5. The van der Waals surface area contributed by atoms with E-state index in [9.17, 15) is 4.79 Å². The molecule has 7 heteroatoms. The van der Waals surface area contributed by atoms with Crippen LogP contribution >= 0.6 is 0 Å². The molecule has 0 aliphatic carbocycles. The lowest BCUT2D eigenvalue weighted by Gasteiger charge is -2.12. The third-order valence-electron chi connectivity index (χ3n) is 2.66. The fourth-order valence-electron chi connectivity index (χ4n) is 1.65. The number of aliphatic carboxylic acids is 1. The number of pyridine rings is 1. The summed E-state index contributed by atoms with van der Waals surface area (Å²) in [6.45, 7) is 0.133. The maximum atomic E-state index is 10.8. The summed E-state index contributed by atoms with van der Waals surface area (Å²) in [5, 5.41) is 11.8. The van der Waals surface area contributed by atoms with E-state index in [1.807, 2.05) is 17.7 Å². The van der Waals surface area contributed by atoms with Gasteiger partial charge in [-0.2, -0.15) is 0 Å². The number of hydrogen-bond donors (Lipinski definition) is 2. The Kier molecular flexibility index (Phi) is 3.42. The molecule has 2 rings (SSSR count). The third-order valence-corrected chi connectivity index (χ3v) is 2.66. The van der Waals surface area contributed by atoms with E-state index in [1.54, 1.807) is 12.5 Å². The summed E-state index contributed by atoms with van der Waals surface area (Å²) in [6, 6.07) is 1.85. The maximum absolute atomic E-state index is 10.8. The molecule has 18 heavy (non-hydrogen) atoms. The number of fused-ring (bicyclic) bond motifs is 1. The van der Waals surface area contributed by atoms with Crippen molar-refractivity contribution in [1.29, 1.82) is 0 Å². The first-order chi connectivity index (χ1) is 8.63. The first-order valence-corrected chi connectivity index (χ1v) is 5.39. The Balaban J connectivity index is 2.19. The molecule has 0 saturated carbocycles. The van der Waals surface area contributed by atoms with Crippen molar-refractivity contribution in [3.05, 3.63) is 18.6 Å². The van der Waals surface area contributed by atoms with E-state index < -0.39 is 12.1 Å². The van der Waals surface area contributed by atoms with Gasteiger partial charge >= 0.3 is 5.97 Å². The second kappa shape index (κ2) is 5.01. The van der Waals surface area contributed by atoms with E-state index in [1.165, 1.54) is 7.11 Å². The van der Waals surface area contributed by atoms with Gasteiger partial charge in [-0.05, 0) is 6.07 Å². The van der Waals surface area contributed by atoms with Crippen LogP contribution in [0.1, 0.15) is 0 Å². The number of aryl methyl sites for hydroxylation is 1.